The Kier molecular flexibility index (Phi) is 10.6. The molecule has 3 unspecified atom stereocenters. The van der Waals surface area contributed by atoms with Crippen LogP contribution in [0.2, 0.25) is 0 Å². The predicted octanol–water partition coefficient (Wildman–Crippen LogP) is 8.52. The first-order chi connectivity index (χ1) is 21.9. The lowest BCUT2D eigenvalue weighted by Crippen LogP contribution is -2.70. The number of hydrogen-bond donors (Lipinski definition) is 0. The third kappa shape index (κ3) is 7.96. The molecule has 0 N–H and O–H groups in total. The van der Waals surface area contributed by atoms with Crippen LogP contribution in [0.25, 0.3) is 0 Å². The van der Waals surface area contributed by atoms with E-state index in [0.29, 0.717) is 26.2 Å². The number of esters is 2. The van der Waals surface area contributed by atoms with Crippen molar-refractivity contribution in [1.82, 2.24) is 0 Å². The molecule has 0 spiro atoms. The van der Waals surface area contributed by atoms with Crippen LogP contribution in [0.3, 0.4) is 0 Å². The normalized spacial score (nSPS) is 27.0. The zero-order valence-corrected chi connectivity index (χ0v) is 26.6. The molecule has 0 amide bonds. The van der Waals surface area contributed by atoms with Gasteiger partial charge in [-0.05, 0) is 70.6 Å². The minimum atomic E-state index is -7.76. The number of rotatable bonds is 13. The van der Waals surface area contributed by atoms with Gasteiger partial charge in [0, 0.05) is 12.3 Å². The van der Waals surface area contributed by atoms with Crippen LogP contribution in [-0.2, 0) is 28.5 Å². The number of alkyl halides is 13. The van der Waals surface area contributed by atoms with Gasteiger partial charge in [-0.2, -0.15) is 52.7 Å². The maximum Gasteiger partial charge on any atom is 0.509 e. The second-order valence-corrected chi connectivity index (χ2v) is 14.2. The highest BCUT2D eigenvalue weighted by atomic mass is 19.4. The lowest BCUT2D eigenvalue weighted by Gasteiger charge is -2.60. The molecule has 7 nitrogen and oxygen atoms in total. The lowest BCUT2D eigenvalue weighted by molar-refractivity contribution is -0.428. The quantitative estimate of drug-likeness (QED) is 0.106. The summed E-state index contributed by atoms with van der Waals surface area (Å²) in [5.41, 5.74) is -11.6. The third-order valence-electron chi connectivity index (χ3n) is 9.55. The van der Waals surface area contributed by atoms with Crippen molar-refractivity contribution in [2.45, 2.75) is 127 Å². The van der Waals surface area contributed by atoms with E-state index in [1.165, 1.54) is 20.8 Å². The summed E-state index contributed by atoms with van der Waals surface area (Å²) in [6.45, 7) is 2.21. The summed E-state index contributed by atoms with van der Waals surface area (Å²) >= 11 is 0. The molecule has 0 aromatic heterocycles. The minimum Gasteiger partial charge on any atom is -0.461 e. The molecule has 0 aromatic rings. The van der Waals surface area contributed by atoms with Gasteiger partial charge in [0.05, 0.1) is 18.4 Å². The third-order valence-corrected chi connectivity index (χ3v) is 9.55. The van der Waals surface area contributed by atoms with Crippen molar-refractivity contribution in [2.75, 3.05) is 13.2 Å². The smallest absolute Gasteiger partial charge is 0.461 e. The molecule has 49 heavy (non-hydrogen) atoms. The van der Waals surface area contributed by atoms with Crippen LogP contribution >= 0.6 is 0 Å². The molecule has 0 saturated heterocycles. The van der Waals surface area contributed by atoms with E-state index < -0.39 is 96.1 Å². The maximum absolute atomic E-state index is 14.8. The highest BCUT2D eigenvalue weighted by Gasteiger charge is 2.90. The van der Waals surface area contributed by atoms with E-state index >= 15 is 0 Å². The van der Waals surface area contributed by atoms with Gasteiger partial charge in [0.25, 0.3) is 0 Å². The Hall–Kier alpha value is -2.70. The summed E-state index contributed by atoms with van der Waals surface area (Å²) in [5.74, 6) is -21.4. The molecule has 4 rings (SSSR count). The number of carbonyl (C=O) groups excluding carboxylic acids is 3. The molecule has 3 atom stereocenters. The van der Waals surface area contributed by atoms with Crippen molar-refractivity contribution in [3.8, 4) is 0 Å². The zero-order valence-electron chi connectivity index (χ0n) is 26.6. The van der Waals surface area contributed by atoms with Crippen LogP contribution in [0.4, 0.5) is 61.9 Å². The molecule has 0 aromatic carbocycles. The van der Waals surface area contributed by atoms with E-state index in [1.807, 2.05) is 0 Å². The molecule has 4 aliphatic carbocycles. The first-order valence-corrected chi connectivity index (χ1v) is 15.1. The van der Waals surface area contributed by atoms with Gasteiger partial charge in [-0.25, -0.2) is 14.0 Å². The first-order valence-electron chi connectivity index (χ1n) is 15.1. The van der Waals surface area contributed by atoms with Crippen LogP contribution < -0.4 is 0 Å². The molecular weight excluding hydrogens is 707 g/mol. The molecule has 0 radical (unpaired) electrons. The fourth-order valence-corrected chi connectivity index (χ4v) is 7.16. The van der Waals surface area contributed by atoms with Crippen molar-refractivity contribution in [1.29, 1.82) is 0 Å². The first kappa shape index (κ1) is 40.7. The van der Waals surface area contributed by atoms with Gasteiger partial charge >= 0.3 is 53.9 Å². The minimum absolute atomic E-state index is 0.0347. The largest absolute Gasteiger partial charge is 0.509 e. The van der Waals surface area contributed by atoms with E-state index in [9.17, 15) is 71.5 Å². The summed E-state index contributed by atoms with van der Waals surface area (Å²) in [4.78, 5) is 37.1. The number of hydrogen-bond acceptors (Lipinski definition) is 7. The maximum atomic E-state index is 14.8. The summed E-state index contributed by atoms with van der Waals surface area (Å²) in [6, 6.07) is 0. The van der Waals surface area contributed by atoms with E-state index in [1.54, 1.807) is 0 Å². The van der Waals surface area contributed by atoms with Crippen LogP contribution in [0.15, 0.2) is 0 Å². The summed E-state index contributed by atoms with van der Waals surface area (Å²) < 4.78 is 198. The SMILES string of the molecule is CCC(C)(C)C(=O)OCC(CC(F)(F)C(F)(F)C(F)(C(F)(F)F)C(F)(F)F)OC(=O)OC12CC3CC(CC(COC(=O)C(C)(F)F)(C3)C1)C2. The second-order valence-electron chi connectivity index (χ2n) is 14.2. The van der Waals surface area contributed by atoms with Gasteiger partial charge < -0.3 is 18.9 Å². The monoisotopic (exact) mass is 742 g/mol. The van der Waals surface area contributed by atoms with E-state index in [0.717, 1.165) is 0 Å². The van der Waals surface area contributed by atoms with Gasteiger partial charge in [-0.15, -0.1) is 0 Å². The Bertz CT molecular complexity index is 1230. The summed E-state index contributed by atoms with van der Waals surface area (Å²) in [7, 11) is 0. The van der Waals surface area contributed by atoms with E-state index in [4.69, 9.17) is 14.2 Å². The van der Waals surface area contributed by atoms with Crippen LogP contribution in [0, 0.1) is 22.7 Å². The van der Waals surface area contributed by atoms with Crippen LogP contribution in [0.1, 0.15) is 79.1 Å². The highest BCUT2D eigenvalue weighted by molar-refractivity contribution is 5.77. The van der Waals surface area contributed by atoms with Gasteiger partial charge in [0.15, 0.2) is 0 Å². The predicted molar refractivity (Wildman–Crippen MR) is 138 cm³/mol. The van der Waals surface area contributed by atoms with Crippen LogP contribution in [-0.4, -0.2) is 78.8 Å². The average Bonchev–Trinajstić information content (AvgIpc) is 2.90. The standard InChI is InChI=1S/C29H35F13O7/c1-5-21(2,3)18(43)46-12-17(11-25(32,33)27(35,36)26(34,28(37,38)39)29(40,41)42)48-20(45)49-24-9-15-6-16(10-24)8-23(7-15,13-24)14-47-19(44)22(4,30)31/h15-17H,5-14H2,1-4H3. The molecule has 4 fully saturated rings. The summed E-state index contributed by atoms with van der Waals surface area (Å²) in [6.07, 6.45) is -21.5. The van der Waals surface area contributed by atoms with E-state index in [-0.39, 0.29) is 37.5 Å². The Morgan fingerprint density at radius 3 is 1.71 bits per heavy atom. The van der Waals surface area contributed by atoms with Gasteiger partial charge in [0.2, 0.25) is 0 Å². The molecule has 4 saturated carbocycles. The summed E-state index contributed by atoms with van der Waals surface area (Å²) in [5, 5.41) is 0. The van der Waals surface area contributed by atoms with Crippen molar-refractivity contribution >= 4 is 18.1 Å². The number of halogens is 13. The fourth-order valence-electron chi connectivity index (χ4n) is 7.16. The molecule has 4 aliphatic rings. The molecule has 4 bridgehead atoms. The Labute approximate surface area is 271 Å². The number of carbonyl (C=O) groups is 3. The molecular formula is C29H35F13O7. The van der Waals surface area contributed by atoms with Gasteiger partial charge in [-0.3, -0.25) is 4.79 Å². The molecule has 284 valence electrons. The van der Waals surface area contributed by atoms with Gasteiger partial charge in [-0.1, -0.05) is 6.92 Å². The van der Waals surface area contributed by atoms with Crippen LogP contribution in [0.5, 0.6) is 0 Å². The Morgan fingerprint density at radius 2 is 1.27 bits per heavy atom. The molecule has 20 heteroatoms. The molecule has 0 aliphatic heterocycles. The fraction of sp³-hybridized carbons (Fsp3) is 0.897. The average molecular weight is 743 g/mol. The Morgan fingerprint density at radius 1 is 0.755 bits per heavy atom. The van der Waals surface area contributed by atoms with E-state index in [2.05, 4.69) is 4.74 Å². The number of ether oxygens (including phenoxy) is 4. The topological polar surface area (TPSA) is 88.1 Å². The van der Waals surface area contributed by atoms with Gasteiger partial charge in [0.1, 0.15) is 18.3 Å². The van der Waals surface area contributed by atoms with Crippen molar-refractivity contribution in [2.24, 2.45) is 22.7 Å². The highest BCUT2D eigenvalue weighted by Crippen LogP contribution is 2.63. The van der Waals surface area contributed by atoms with Crippen molar-refractivity contribution < 1.29 is 90.4 Å². The zero-order chi connectivity index (χ0) is 37.9. The second kappa shape index (κ2) is 12.8. The molecule has 0 heterocycles. The Balaban J connectivity index is 1.87. The lowest BCUT2D eigenvalue weighted by atomic mass is 9.48. The van der Waals surface area contributed by atoms with Crippen molar-refractivity contribution in [3.05, 3.63) is 0 Å². The van der Waals surface area contributed by atoms with Crippen molar-refractivity contribution in [3.63, 3.8) is 0 Å².